The van der Waals surface area contributed by atoms with E-state index in [1.54, 1.807) is 57.2 Å². The fourth-order valence-electron chi connectivity index (χ4n) is 4.03. The van der Waals surface area contributed by atoms with Crippen molar-refractivity contribution in [2.24, 2.45) is 0 Å². The number of ether oxygens (including phenoxy) is 1. The van der Waals surface area contributed by atoms with Gasteiger partial charge in [-0.3, -0.25) is 4.79 Å². The standard InChI is InChI=1S/C30H28F4N4O4/c1-29(2,3)42-28(41)35-17-18-8-7-11-23(12-18)38-24(16-25(37-38)30(32,33)34)27(40)36-22-14-20(13-21(31)15-22)26(39)19-9-5-4-6-10-19/h4-16,26,39H,17H2,1-3H3,(H,35,41)(H,36,40). The summed E-state index contributed by atoms with van der Waals surface area (Å²) < 4.78 is 61.3. The van der Waals surface area contributed by atoms with E-state index >= 15 is 0 Å². The summed E-state index contributed by atoms with van der Waals surface area (Å²) in [6, 6.07) is 18.5. The lowest BCUT2D eigenvalue weighted by molar-refractivity contribution is -0.141. The second kappa shape index (κ2) is 12.0. The smallest absolute Gasteiger partial charge is 0.435 e. The molecule has 8 nitrogen and oxygen atoms in total. The van der Waals surface area contributed by atoms with Crippen LogP contribution in [0.2, 0.25) is 0 Å². The number of alkyl halides is 3. The number of aliphatic hydroxyl groups excluding tert-OH is 1. The predicted molar refractivity (Wildman–Crippen MR) is 146 cm³/mol. The van der Waals surface area contributed by atoms with Gasteiger partial charge in [0.2, 0.25) is 0 Å². The number of aliphatic hydroxyl groups is 1. The van der Waals surface area contributed by atoms with Crippen LogP contribution in [0, 0.1) is 5.82 Å². The molecular formula is C30H28F4N4O4. The maximum atomic E-state index is 14.5. The first-order valence-corrected chi connectivity index (χ1v) is 12.8. The van der Waals surface area contributed by atoms with Crippen LogP contribution in [0.4, 0.5) is 28.0 Å². The van der Waals surface area contributed by atoms with Gasteiger partial charge in [0.05, 0.1) is 5.69 Å². The number of amides is 2. The zero-order valence-corrected chi connectivity index (χ0v) is 22.9. The van der Waals surface area contributed by atoms with Crippen molar-refractivity contribution in [2.75, 3.05) is 5.32 Å². The molecule has 1 aromatic heterocycles. The third-order valence-electron chi connectivity index (χ3n) is 5.83. The normalized spacial score (nSPS) is 12.5. The molecule has 1 unspecified atom stereocenters. The first-order chi connectivity index (χ1) is 19.7. The van der Waals surface area contributed by atoms with E-state index in [-0.39, 0.29) is 23.5 Å². The van der Waals surface area contributed by atoms with Gasteiger partial charge in [-0.1, -0.05) is 42.5 Å². The Kier molecular flexibility index (Phi) is 8.67. The van der Waals surface area contributed by atoms with Crippen molar-refractivity contribution in [2.45, 2.75) is 45.2 Å². The van der Waals surface area contributed by atoms with E-state index in [1.165, 1.54) is 24.3 Å². The van der Waals surface area contributed by atoms with Crippen molar-refractivity contribution in [1.82, 2.24) is 15.1 Å². The Bertz CT molecular complexity index is 1580. The molecule has 0 saturated heterocycles. The van der Waals surface area contributed by atoms with E-state index in [1.807, 2.05) is 0 Å². The largest absolute Gasteiger partial charge is 0.444 e. The Balaban J connectivity index is 1.62. The number of carbonyl (C=O) groups is 2. The average molecular weight is 585 g/mol. The summed E-state index contributed by atoms with van der Waals surface area (Å²) in [5.74, 6) is -1.77. The SMILES string of the molecule is CC(C)(C)OC(=O)NCc1cccc(-n2nc(C(F)(F)F)cc2C(=O)Nc2cc(F)cc(C(O)c3ccccc3)c2)c1. The van der Waals surface area contributed by atoms with Gasteiger partial charge in [-0.15, -0.1) is 0 Å². The molecule has 0 radical (unpaired) electrons. The Labute approximate surface area is 238 Å². The van der Waals surface area contributed by atoms with Crippen LogP contribution in [0.3, 0.4) is 0 Å². The zero-order chi connectivity index (χ0) is 30.7. The molecule has 4 rings (SSSR count). The third kappa shape index (κ3) is 7.72. The van der Waals surface area contributed by atoms with Crippen molar-refractivity contribution in [1.29, 1.82) is 0 Å². The predicted octanol–water partition coefficient (Wildman–Crippen LogP) is 6.39. The Morgan fingerprint density at radius 3 is 2.33 bits per heavy atom. The van der Waals surface area contributed by atoms with Crippen molar-refractivity contribution in [3.05, 3.63) is 113 Å². The van der Waals surface area contributed by atoms with Crippen LogP contribution < -0.4 is 10.6 Å². The van der Waals surface area contributed by atoms with E-state index in [0.717, 1.165) is 16.8 Å². The first kappa shape index (κ1) is 30.3. The lowest BCUT2D eigenvalue weighted by Gasteiger charge is -2.19. The van der Waals surface area contributed by atoms with Crippen molar-refractivity contribution >= 4 is 17.7 Å². The molecule has 0 bridgehead atoms. The summed E-state index contributed by atoms with van der Waals surface area (Å²) in [4.78, 5) is 25.3. The van der Waals surface area contributed by atoms with E-state index in [4.69, 9.17) is 4.74 Å². The zero-order valence-electron chi connectivity index (χ0n) is 22.9. The number of anilines is 1. The molecule has 0 saturated carbocycles. The summed E-state index contributed by atoms with van der Waals surface area (Å²) in [5.41, 5.74) is -1.38. The van der Waals surface area contributed by atoms with E-state index < -0.39 is 47.1 Å². The number of halogens is 4. The van der Waals surface area contributed by atoms with Gasteiger partial charge in [0.1, 0.15) is 23.2 Å². The quantitative estimate of drug-likeness (QED) is 0.219. The van der Waals surface area contributed by atoms with Gasteiger partial charge >= 0.3 is 12.3 Å². The van der Waals surface area contributed by atoms with Crippen molar-refractivity contribution in [3.8, 4) is 5.69 Å². The van der Waals surface area contributed by atoms with Crippen LogP contribution in [0.5, 0.6) is 0 Å². The number of aromatic nitrogens is 2. The van der Waals surface area contributed by atoms with Crippen LogP contribution in [0.1, 0.15) is 59.7 Å². The molecule has 1 atom stereocenters. The summed E-state index contributed by atoms with van der Waals surface area (Å²) in [7, 11) is 0. The van der Waals surface area contributed by atoms with Gasteiger partial charge in [0.15, 0.2) is 5.69 Å². The molecule has 220 valence electrons. The molecule has 3 N–H and O–H groups in total. The molecule has 42 heavy (non-hydrogen) atoms. The molecule has 12 heteroatoms. The molecule has 3 aromatic carbocycles. The maximum absolute atomic E-state index is 14.5. The molecule has 0 aliphatic carbocycles. The van der Waals surface area contributed by atoms with Crippen LogP contribution in [0.25, 0.3) is 5.69 Å². The van der Waals surface area contributed by atoms with Gasteiger partial charge in [0, 0.05) is 18.3 Å². The highest BCUT2D eigenvalue weighted by atomic mass is 19.4. The maximum Gasteiger partial charge on any atom is 0.435 e. The number of carbonyl (C=O) groups excluding carboxylic acids is 2. The van der Waals surface area contributed by atoms with E-state index in [2.05, 4.69) is 15.7 Å². The topological polar surface area (TPSA) is 105 Å². The average Bonchev–Trinajstić information content (AvgIpc) is 3.38. The molecule has 4 aromatic rings. The number of hydrogen-bond acceptors (Lipinski definition) is 5. The molecule has 2 amide bonds. The van der Waals surface area contributed by atoms with Gasteiger partial charge in [0.25, 0.3) is 5.91 Å². The lowest BCUT2D eigenvalue weighted by atomic mass is 10.0. The molecule has 1 heterocycles. The molecule has 0 aliphatic heterocycles. The van der Waals surface area contributed by atoms with Gasteiger partial charge < -0.3 is 20.5 Å². The number of hydrogen-bond donors (Lipinski definition) is 3. The van der Waals surface area contributed by atoms with Gasteiger partial charge in [-0.25, -0.2) is 13.9 Å². The number of rotatable bonds is 7. The molecule has 0 fully saturated rings. The molecular weight excluding hydrogens is 556 g/mol. The number of benzene rings is 3. The summed E-state index contributed by atoms with van der Waals surface area (Å²) >= 11 is 0. The van der Waals surface area contributed by atoms with E-state index in [9.17, 15) is 32.3 Å². The van der Waals surface area contributed by atoms with Crippen LogP contribution in [-0.2, 0) is 17.5 Å². The Morgan fingerprint density at radius 1 is 0.952 bits per heavy atom. The highest BCUT2D eigenvalue weighted by molar-refractivity contribution is 6.03. The van der Waals surface area contributed by atoms with Crippen molar-refractivity contribution < 1.29 is 37.0 Å². The molecule has 0 aliphatic rings. The fraction of sp³-hybridized carbons (Fsp3) is 0.233. The van der Waals surface area contributed by atoms with Crippen molar-refractivity contribution in [3.63, 3.8) is 0 Å². The van der Waals surface area contributed by atoms with Gasteiger partial charge in [-0.2, -0.15) is 18.3 Å². The number of nitrogens with zero attached hydrogens (tertiary/aromatic N) is 2. The second-order valence-corrected chi connectivity index (χ2v) is 10.4. The first-order valence-electron chi connectivity index (χ1n) is 12.8. The Hall–Kier alpha value is -4.71. The monoisotopic (exact) mass is 584 g/mol. The van der Waals surface area contributed by atoms with Crippen LogP contribution in [-0.4, -0.2) is 32.5 Å². The highest BCUT2D eigenvalue weighted by Crippen LogP contribution is 2.31. The fourth-order valence-corrected chi connectivity index (χ4v) is 4.03. The van der Waals surface area contributed by atoms with E-state index in [0.29, 0.717) is 17.2 Å². The minimum Gasteiger partial charge on any atom is -0.444 e. The minimum atomic E-state index is -4.86. The van der Waals surface area contributed by atoms with Crippen LogP contribution >= 0.6 is 0 Å². The summed E-state index contributed by atoms with van der Waals surface area (Å²) in [6.07, 6.45) is -6.75. The van der Waals surface area contributed by atoms with Gasteiger partial charge in [-0.05, 0) is 67.8 Å². The number of nitrogens with one attached hydrogen (secondary N) is 2. The second-order valence-electron chi connectivity index (χ2n) is 10.4. The highest BCUT2D eigenvalue weighted by Gasteiger charge is 2.36. The lowest BCUT2D eigenvalue weighted by Crippen LogP contribution is -2.32. The summed E-state index contributed by atoms with van der Waals surface area (Å²) in [6.45, 7) is 5.09. The summed E-state index contributed by atoms with van der Waals surface area (Å²) in [5, 5.41) is 19.3. The van der Waals surface area contributed by atoms with Crippen LogP contribution in [0.15, 0.2) is 78.9 Å². The third-order valence-corrected chi connectivity index (χ3v) is 5.83. The Morgan fingerprint density at radius 2 is 1.67 bits per heavy atom. The molecule has 0 spiro atoms. The number of alkyl carbamates (subject to hydrolysis) is 1. The minimum absolute atomic E-state index is 0.00646.